The maximum atomic E-state index is 12.5. The largest absolute Gasteiger partial charge is 0.293 e. The van der Waals surface area contributed by atoms with Crippen LogP contribution < -0.4 is 0 Å². The lowest BCUT2D eigenvalue weighted by molar-refractivity contribution is 0.102. The molecule has 7 heteroatoms. The zero-order chi connectivity index (χ0) is 20.2. The number of halogens is 2. The van der Waals surface area contributed by atoms with Crippen molar-refractivity contribution in [2.75, 3.05) is 5.75 Å². The predicted octanol–water partition coefficient (Wildman–Crippen LogP) is 6.22. The molecule has 4 aromatic rings. The zero-order valence-electron chi connectivity index (χ0n) is 15.1. The molecule has 0 spiro atoms. The predicted molar refractivity (Wildman–Crippen MR) is 118 cm³/mol. The smallest absolute Gasteiger partial charge is 0.196 e. The van der Waals surface area contributed by atoms with Crippen molar-refractivity contribution in [1.82, 2.24) is 14.8 Å². The Morgan fingerprint density at radius 3 is 2.28 bits per heavy atom. The minimum Gasteiger partial charge on any atom is -0.293 e. The Kier molecular flexibility index (Phi) is 6.00. The molecule has 0 saturated carbocycles. The number of ketones is 1. The minimum absolute atomic E-state index is 0.0283. The fraction of sp³-hybridized carbons (Fsp3) is 0.0455. The average molecular weight is 440 g/mol. The molecule has 144 valence electrons. The van der Waals surface area contributed by atoms with Gasteiger partial charge in [-0.2, -0.15) is 0 Å². The topological polar surface area (TPSA) is 47.8 Å². The molecule has 0 N–H and O–H groups in total. The van der Waals surface area contributed by atoms with Crippen LogP contribution in [-0.2, 0) is 0 Å². The maximum Gasteiger partial charge on any atom is 0.196 e. The van der Waals surface area contributed by atoms with E-state index in [9.17, 15) is 4.79 Å². The summed E-state index contributed by atoms with van der Waals surface area (Å²) in [6.45, 7) is 0. The summed E-state index contributed by atoms with van der Waals surface area (Å²) in [6, 6.07) is 24.0. The molecule has 0 aliphatic rings. The number of carbonyl (C=O) groups is 1. The SMILES string of the molecule is O=C(CSc1nnc(-c2ccccc2Cl)n1-c1ccc(Cl)cc1)c1ccccc1. The van der Waals surface area contributed by atoms with Gasteiger partial charge in [0.25, 0.3) is 0 Å². The quantitative estimate of drug-likeness (QED) is 0.264. The van der Waals surface area contributed by atoms with Crippen molar-refractivity contribution >= 4 is 40.7 Å². The fourth-order valence-electron chi connectivity index (χ4n) is 2.84. The Morgan fingerprint density at radius 1 is 0.862 bits per heavy atom. The number of Topliss-reactive ketones (excluding diaryl/α,β-unsaturated/α-hetero) is 1. The molecule has 1 heterocycles. The first kappa shape index (κ1) is 19.7. The number of carbonyl (C=O) groups excluding carboxylic acids is 1. The Bertz CT molecular complexity index is 1140. The third-order valence-corrected chi connectivity index (χ3v) is 5.77. The van der Waals surface area contributed by atoms with Gasteiger partial charge in [-0.3, -0.25) is 9.36 Å². The first-order valence-electron chi connectivity index (χ1n) is 8.81. The molecule has 0 radical (unpaired) electrons. The van der Waals surface area contributed by atoms with Crippen LogP contribution in [0.5, 0.6) is 0 Å². The molecule has 0 unspecified atom stereocenters. The Balaban J connectivity index is 1.71. The van der Waals surface area contributed by atoms with Gasteiger partial charge in [0.05, 0.1) is 10.8 Å². The minimum atomic E-state index is 0.0283. The summed E-state index contributed by atoms with van der Waals surface area (Å²) in [5.41, 5.74) is 2.27. The van der Waals surface area contributed by atoms with E-state index in [-0.39, 0.29) is 11.5 Å². The standard InChI is InChI=1S/C22H15Cl2N3OS/c23-16-10-12-17(13-11-16)27-21(18-8-4-5-9-19(18)24)25-26-22(27)29-14-20(28)15-6-2-1-3-7-15/h1-13H,14H2. The summed E-state index contributed by atoms with van der Waals surface area (Å²) in [5, 5.41) is 10.5. The molecule has 0 saturated heterocycles. The summed E-state index contributed by atoms with van der Waals surface area (Å²) in [4.78, 5) is 12.5. The normalized spacial score (nSPS) is 10.8. The lowest BCUT2D eigenvalue weighted by Crippen LogP contribution is -2.05. The third kappa shape index (κ3) is 4.37. The molecule has 0 aliphatic heterocycles. The second-order valence-electron chi connectivity index (χ2n) is 6.18. The summed E-state index contributed by atoms with van der Waals surface area (Å²) < 4.78 is 1.89. The number of aromatic nitrogens is 3. The van der Waals surface area contributed by atoms with E-state index in [1.165, 1.54) is 11.8 Å². The van der Waals surface area contributed by atoms with E-state index in [0.717, 1.165) is 11.3 Å². The highest BCUT2D eigenvalue weighted by atomic mass is 35.5. The second kappa shape index (κ2) is 8.82. The molecule has 29 heavy (non-hydrogen) atoms. The van der Waals surface area contributed by atoms with Crippen molar-refractivity contribution in [2.24, 2.45) is 0 Å². The van der Waals surface area contributed by atoms with Crippen molar-refractivity contribution in [1.29, 1.82) is 0 Å². The molecular weight excluding hydrogens is 425 g/mol. The van der Waals surface area contributed by atoms with Gasteiger partial charge in [0, 0.05) is 21.8 Å². The Morgan fingerprint density at radius 2 is 1.55 bits per heavy atom. The number of hydrogen-bond acceptors (Lipinski definition) is 4. The van der Waals surface area contributed by atoms with E-state index < -0.39 is 0 Å². The van der Waals surface area contributed by atoms with Crippen LogP contribution in [0.25, 0.3) is 17.1 Å². The van der Waals surface area contributed by atoms with Crippen LogP contribution in [0.1, 0.15) is 10.4 Å². The number of rotatable bonds is 6. The highest BCUT2D eigenvalue weighted by Gasteiger charge is 2.19. The van der Waals surface area contributed by atoms with Crippen molar-refractivity contribution in [3.05, 3.63) is 94.5 Å². The van der Waals surface area contributed by atoms with E-state index in [2.05, 4.69) is 10.2 Å². The van der Waals surface area contributed by atoms with Crippen LogP contribution >= 0.6 is 35.0 Å². The van der Waals surface area contributed by atoms with Crippen LogP contribution in [-0.4, -0.2) is 26.3 Å². The number of nitrogens with zero attached hydrogens (tertiary/aromatic N) is 3. The van der Waals surface area contributed by atoms with Crippen LogP contribution in [0.2, 0.25) is 10.0 Å². The van der Waals surface area contributed by atoms with Crippen LogP contribution in [0.4, 0.5) is 0 Å². The van der Waals surface area contributed by atoms with E-state index in [1.54, 1.807) is 12.1 Å². The lowest BCUT2D eigenvalue weighted by Gasteiger charge is -2.11. The van der Waals surface area contributed by atoms with Gasteiger partial charge in [0.2, 0.25) is 0 Å². The molecule has 1 aromatic heterocycles. The van der Waals surface area contributed by atoms with Gasteiger partial charge >= 0.3 is 0 Å². The van der Waals surface area contributed by atoms with Gasteiger partial charge < -0.3 is 0 Å². The summed E-state index contributed by atoms with van der Waals surface area (Å²) in [7, 11) is 0. The van der Waals surface area contributed by atoms with Crippen molar-refractivity contribution in [2.45, 2.75) is 5.16 Å². The van der Waals surface area contributed by atoms with Crippen LogP contribution in [0.3, 0.4) is 0 Å². The van der Waals surface area contributed by atoms with E-state index in [4.69, 9.17) is 23.2 Å². The zero-order valence-corrected chi connectivity index (χ0v) is 17.5. The van der Waals surface area contributed by atoms with Gasteiger partial charge in [-0.25, -0.2) is 0 Å². The lowest BCUT2D eigenvalue weighted by atomic mass is 10.2. The summed E-state index contributed by atoms with van der Waals surface area (Å²) in [5.74, 6) is 0.881. The molecule has 0 bridgehead atoms. The van der Waals surface area contributed by atoms with Gasteiger partial charge in [0.1, 0.15) is 0 Å². The molecule has 4 nitrogen and oxygen atoms in total. The molecule has 0 amide bonds. The van der Waals surface area contributed by atoms with Crippen molar-refractivity contribution in [3.8, 4) is 17.1 Å². The maximum absolute atomic E-state index is 12.5. The second-order valence-corrected chi connectivity index (χ2v) is 7.96. The molecule has 4 rings (SSSR count). The van der Waals surface area contributed by atoms with Crippen LogP contribution in [0.15, 0.2) is 84.0 Å². The molecule has 3 aromatic carbocycles. The van der Waals surface area contributed by atoms with Crippen molar-refractivity contribution < 1.29 is 4.79 Å². The molecule has 0 fully saturated rings. The highest BCUT2D eigenvalue weighted by molar-refractivity contribution is 7.99. The number of hydrogen-bond donors (Lipinski definition) is 0. The first-order valence-corrected chi connectivity index (χ1v) is 10.5. The van der Waals surface area contributed by atoms with E-state index >= 15 is 0 Å². The summed E-state index contributed by atoms with van der Waals surface area (Å²) >= 11 is 13.8. The average Bonchev–Trinajstić information content (AvgIpc) is 3.17. The monoisotopic (exact) mass is 439 g/mol. The Labute approximate surface area is 182 Å². The van der Waals surface area contributed by atoms with Crippen LogP contribution in [0, 0.1) is 0 Å². The molecule has 0 aliphatic carbocycles. The Hall–Kier alpha value is -2.60. The number of thioether (sulfide) groups is 1. The van der Waals surface area contributed by atoms with Gasteiger partial charge in [0.15, 0.2) is 16.8 Å². The van der Waals surface area contributed by atoms with E-state index in [0.29, 0.717) is 26.6 Å². The van der Waals surface area contributed by atoms with Gasteiger partial charge in [-0.15, -0.1) is 10.2 Å². The molecule has 0 atom stereocenters. The third-order valence-electron chi connectivity index (χ3n) is 4.26. The summed E-state index contributed by atoms with van der Waals surface area (Å²) in [6.07, 6.45) is 0. The van der Waals surface area contributed by atoms with E-state index in [1.807, 2.05) is 71.3 Å². The number of benzene rings is 3. The highest BCUT2D eigenvalue weighted by Crippen LogP contribution is 2.32. The van der Waals surface area contributed by atoms with Gasteiger partial charge in [-0.1, -0.05) is 77.4 Å². The van der Waals surface area contributed by atoms with Gasteiger partial charge in [-0.05, 0) is 36.4 Å². The van der Waals surface area contributed by atoms with Crippen molar-refractivity contribution in [3.63, 3.8) is 0 Å². The fourth-order valence-corrected chi connectivity index (χ4v) is 4.03. The first-order chi connectivity index (χ1) is 14.1. The molecular formula is C22H15Cl2N3OS.